The smallest absolute Gasteiger partial charge is 0.0212 e. The first-order valence-corrected chi connectivity index (χ1v) is 7.24. The van der Waals surface area contributed by atoms with Gasteiger partial charge in [-0.1, -0.05) is 34.6 Å². The summed E-state index contributed by atoms with van der Waals surface area (Å²) in [5, 5.41) is 0. The molecule has 1 heteroatoms. The fourth-order valence-electron chi connectivity index (χ4n) is 3.84. The lowest BCUT2D eigenvalue weighted by molar-refractivity contribution is -0.0536. The van der Waals surface area contributed by atoms with Crippen molar-refractivity contribution in [1.29, 1.82) is 0 Å². The minimum absolute atomic E-state index is 0.443. The number of hydrogen-bond donors (Lipinski definition) is 0. The van der Waals surface area contributed by atoms with E-state index < -0.39 is 0 Å². The molecule has 0 bridgehead atoms. The van der Waals surface area contributed by atoms with Crippen LogP contribution in [-0.2, 0) is 0 Å². The van der Waals surface area contributed by atoms with Gasteiger partial charge < -0.3 is 0 Å². The first-order chi connectivity index (χ1) is 7.64. The van der Waals surface area contributed by atoms with Crippen molar-refractivity contribution in [3.05, 3.63) is 6.42 Å². The topological polar surface area (TPSA) is 3.24 Å². The van der Waals surface area contributed by atoms with E-state index in [1.807, 2.05) is 0 Å². The van der Waals surface area contributed by atoms with Gasteiger partial charge in [-0.25, -0.2) is 0 Å². The standard InChI is InChI=1S/C15H30N/c1-6-14(7-2)12-11-13-15(8-3,9-4)16(14)10-5/h11H,6-10,12-13H2,1-5H3. The predicted molar refractivity (Wildman–Crippen MR) is 72.5 cm³/mol. The van der Waals surface area contributed by atoms with Gasteiger partial charge in [0.2, 0.25) is 0 Å². The highest BCUT2D eigenvalue weighted by molar-refractivity contribution is 5.08. The molecule has 1 rings (SSSR count). The number of nitrogens with zero attached hydrogens (tertiary/aromatic N) is 1. The van der Waals surface area contributed by atoms with Crippen molar-refractivity contribution in [3.8, 4) is 0 Å². The molecular formula is C15H30N. The van der Waals surface area contributed by atoms with Crippen molar-refractivity contribution in [3.63, 3.8) is 0 Å². The summed E-state index contributed by atoms with van der Waals surface area (Å²) in [6.07, 6.45) is 10.3. The van der Waals surface area contributed by atoms with E-state index in [0.717, 1.165) is 0 Å². The van der Waals surface area contributed by atoms with Gasteiger partial charge in [0.25, 0.3) is 0 Å². The summed E-state index contributed by atoms with van der Waals surface area (Å²) in [7, 11) is 0. The van der Waals surface area contributed by atoms with Gasteiger partial charge in [-0.2, -0.15) is 0 Å². The molecule has 1 fully saturated rings. The average molecular weight is 224 g/mol. The Hall–Kier alpha value is -0.0400. The van der Waals surface area contributed by atoms with Crippen LogP contribution in [0.4, 0.5) is 0 Å². The highest BCUT2D eigenvalue weighted by Crippen LogP contribution is 2.45. The van der Waals surface area contributed by atoms with Gasteiger partial charge >= 0.3 is 0 Å². The second-order valence-electron chi connectivity index (χ2n) is 5.30. The molecular weight excluding hydrogens is 194 g/mol. The number of piperidine rings is 1. The maximum Gasteiger partial charge on any atom is 0.0212 e. The Bertz CT molecular complexity index is 181. The molecule has 0 aromatic rings. The molecule has 0 aromatic heterocycles. The van der Waals surface area contributed by atoms with Gasteiger partial charge in [0.15, 0.2) is 0 Å². The van der Waals surface area contributed by atoms with Crippen molar-refractivity contribution >= 4 is 0 Å². The van der Waals surface area contributed by atoms with Gasteiger partial charge in [0.05, 0.1) is 0 Å². The fraction of sp³-hybridized carbons (Fsp3) is 0.933. The van der Waals surface area contributed by atoms with E-state index in [1.54, 1.807) is 0 Å². The van der Waals surface area contributed by atoms with Gasteiger partial charge in [0, 0.05) is 11.1 Å². The molecule has 1 aliphatic rings. The SMILES string of the molecule is CCN1C(CC)(CC)C[CH]CC1(CC)CC. The van der Waals surface area contributed by atoms with E-state index in [0.29, 0.717) is 11.1 Å². The Morgan fingerprint density at radius 2 is 1.19 bits per heavy atom. The molecule has 16 heavy (non-hydrogen) atoms. The van der Waals surface area contributed by atoms with Gasteiger partial charge in [-0.15, -0.1) is 0 Å². The monoisotopic (exact) mass is 224 g/mol. The van der Waals surface area contributed by atoms with Crippen LogP contribution in [0.3, 0.4) is 0 Å². The van der Waals surface area contributed by atoms with Crippen LogP contribution in [0.25, 0.3) is 0 Å². The molecule has 0 spiro atoms. The van der Waals surface area contributed by atoms with Crippen LogP contribution in [-0.4, -0.2) is 22.5 Å². The highest BCUT2D eigenvalue weighted by Gasteiger charge is 2.46. The molecule has 0 unspecified atom stereocenters. The van der Waals surface area contributed by atoms with Crippen LogP contribution in [0.15, 0.2) is 0 Å². The normalized spacial score (nSPS) is 24.6. The maximum atomic E-state index is 2.83. The van der Waals surface area contributed by atoms with E-state index in [2.05, 4.69) is 45.9 Å². The summed E-state index contributed by atoms with van der Waals surface area (Å²) in [6, 6.07) is 0. The number of likely N-dealkylation sites (tertiary alicyclic amines) is 1. The first-order valence-electron chi connectivity index (χ1n) is 7.24. The molecule has 0 saturated carbocycles. The molecule has 1 radical (unpaired) electrons. The Labute approximate surface area is 103 Å². The summed E-state index contributed by atoms with van der Waals surface area (Å²) >= 11 is 0. The number of rotatable bonds is 5. The van der Waals surface area contributed by atoms with E-state index >= 15 is 0 Å². The van der Waals surface area contributed by atoms with Crippen LogP contribution in [0, 0.1) is 6.42 Å². The van der Waals surface area contributed by atoms with Crippen molar-refractivity contribution in [2.45, 2.75) is 84.2 Å². The average Bonchev–Trinajstić information content (AvgIpc) is 2.37. The van der Waals surface area contributed by atoms with Crippen LogP contribution in [0.5, 0.6) is 0 Å². The molecule has 1 heterocycles. The van der Waals surface area contributed by atoms with Crippen LogP contribution in [0.2, 0.25) is 0 Å². The molecule has 0 amide bonds. The lowest BCUT2D eigenvalue weighted by atomic mass is 9.71. The zero-order valence-corrected chi connectivity index (χ0v) is 12.0. The molecule has 0 atom stereocenters. The third kappa shape index (κ3) is 2.03. The van der Waals surface area contributed by atoms with Gasteiger partial charge in [0.1, 0.15) is 0 Å². The third-order valence-electron chi connectivity index (χ3n) is 5.14. The molecule has 95 valence electrons. The maximum absolute atomic E-state index is 2.83. The van der Waals surface area contributed by atoms with Crippen LogP contribution in [0.1, 0.15) is 73.1 Å². The minimum atomic E-state index is 0.443. The summed E-state index contributed by atoms with van der Waals surface area (Å²) in [5.41, 5.74) is 0.887. The van der Waals surface area contributed by atoms with Crippen molar-refractivity contribution in [2.24, 2.45) is 0 Å². The lowest BCUT2D eigenvalue weighted by Crippen LogP contribution is -2.62. The van der Waals surface area contributed by atoms with Crippen molar-refractivity contribution in [2.75, 3.05) is 6.54 Å². The number of hydrogen-bond acceptors (Lipinski definition) is 1. The summed E-state index contributed by atoms with van der Waals surface area (Å²) < 4.78 is 0. The van der Waals surface area contributed by atoms with E-state index in [9.17, 15) is 0 Å². The van der Waals surface area contributed by atoms with Crippen LogP contribution >= 0.6 is 0 Å². The molecule has 1 nitrogen and oxygen atoms in total. The molecule has 1 saturated heterocycles. The van der Waals surface area contributed by atoms with E-state index in [1.165, 1.54) is 45.1 Å². The fourth-order valence-corrected chi connectivity index (χ4v) is 3.84. The summed E-state index contributed by atoms with van der Waals surface area (Å²) in [6.45, 7) is 13.0. The Balaban J connectivity index is 3.04. The molecule has 0 aliphatic carbocycles. The summed E-state index contributed by atoms with van der Waals surface area (Å²) in [5.74, 6) is 0. The zero-order valence-electron chi connectivity index (χ0n) is 12.0. The predicted octanol–water partition coefficient (Wildman–Crippen LogP) is 4.42. The second-order valence-corrected chi connectivity index (χ2v) is 5.30. The highest BCUT2D eigenvalue weighted by atomic mass is 15.3. The Kier molecular flexibility index (Phi) is 4.85. The molecule has 0 N–H and O–H groups in total. The Morgan fingerprint density at radius 1 is 0.812 bits per heavy atom. The van der Waals surface area contributed by atoms with Crippen molar-refractivity contribution in [1.82, 2.24) is 4.90 Å². The molecule has 1 aliphatic heterocycles. The zero-order chi connectivity index (χ0) is 12.2. The Morgan fingerprint density at radius 3 is 1.44 bits per heavy atom. The van der Waals surface area contributed by atoms with Gasteiger partial charge in [-0.05, 0) is 51.5 Å². The van der Waals surface area contributed by atoms with Crippen LogP contribution < -0.4 is 0 Å². The summed E-state index contributed by atoms with van der Waals surface area (Å²) in [4.78, 5) is 2.83. The largest absolute Gasteiger partial charge is 0.292 e. The molecule has 0 aromatic carbocycles. The third-order valence-corrected chi connectivity index (χ3v) is 5.14. The second kappa shape index (κ2) is 5.53. The lowest BCUT2D eigenvalue weighted by Gasteiger charge is -2.58. The van der Waals surface area contributed by atoms with Gasteiger partial charge in [-0.3, -0.25) is 4.90 Å². The minimum Gasteiger partial charge on any atom is -0.292 e. The van der Waals surface area contributed by atoms with E-state index in [-0.39, 0.29) is 0 Å². The van der Waals surface area contributed by atoms with E-state index in [4.69, 9.17) is 0 Å². The first kappa shape index (κ1) is 14.0. The van der Waals surface area contributed by atoms with Crippen molar-refractivity contribution < 1.29 is 0 Å². The quantitative estimate of drug-likeness (QED) is 0.668.